The van der Waals surface area contributed by atoms with E-state index < -0.39 is 33.5 Å². The highest BCUT2D eigenvalue weighted by Crippen LogP contribution is 2.42. The number of nitrogens with two attached hydrogens (primary N) is 1. The molecular weight excluding hydrogens is 679 g/mol. The van der Waals surface area contributed by atoms with E-state index in [1.807, 2.05) is 6.07 Å². The van der Waals surface area contributed by atoms with Crippen molar-refractivity contribution in [2.24, 2.45) is 5.73 Å². The van der Waals surface area contributed by atoms with Crippen LogP contribution in [0.15, 0.2) is 65.6 Å². The van der Waals surface area contributed by atoms with Gasteiger partial charge in [-0.1, -0.05) is 12.1 Å². The van der Waals surface area contributed by atoms with Gasteiger partial charge in [-0.15, -0.1) is 0 Å². The summed E-state index contributed by atoms with van der Waals surface area (Å²) in [6.45, 7) is 3.99. The van der Waals surface area contributed by atoms with E-state index in [-0.39, 0.29) is 29.1 Å². The number of ether oxygens (including phenoxy) is 3. The monoisotopic (exact) mass is 726 g/mol. The van der Waals surface area contributed by atoms with E-state index in [4.69, 9.17) is 19.9 Å². The maximum absolute atomic E-state index is 16.9. The predicted octanol–water partition coefficient (Wildman–Crippen LogP) is 5.13. The van der Waals surface area contributed by atoms with E-state index in [0.29, 0.717) is 73.2 Å². The minimum Gasteiger partial charge on any atom is -0.492 e. The van der Waals surface area contributed by atoms with Crippen molar-refractivity contribution in [1.29, 1.82) is 0 Å². The van der Waals surface area contributed by atoms with Gasteiger partial charge in [0.15, 0.2) is 6.04 Å². The molecule has 0 spiro atoms. The molecule has 3 heterocycles. The lowest BCUT2D eigenvalue weighted by Gasteiger charge is -2.42. The molecule has 2 N–H and O–H groups in total. The fourth-order valence-electron chi connectivity index (χ4n) is 8.25. The van der Waals surface area contributed by atoms with Gasteiger partial charge < -0.3 is 24.8 Å². The summed E-state index contributed by atoms with van der Waals surface area (Å²) >= 11 is 0. The summed E-state index contributed by atoms with van der Waals surface area (Å²) in [7, 11) is -3.50. The quantitative estimate of drug-likeness (QED) is 0.273. The standard InChI is InChI=1S/C38H48F2N4O6S/c1-42(51(46,47)35-15-7-26-22-34(12-6-27(26)23-35)50-33-4-2-3-5-33)36(37(45)44-30-10-11-31(44)25-29(41)24-30)38(39,40)28-8-13-32(14-9-28)49-21-18-43-16-19-48-20-17-43/h6-9,12-15,22-23,29-31,33,36H,2-5,10-11,16-21,24-25,41H2,1H3. The Kier molecular flexibility index (Phi) is 10.6. The Morgan fingerprint density at radius 3 is 2.25 bits per heavy atom. The second kappa shape index (κ2) is 14.9. The Morgan fingerprint density at radius 2 is 1.57 bits per heavy atom. The maximum Gasteiger partial charge on any atom is 0.298 e. The second-order valence-corrected chi connectivity index (χ2v) is 16.4. The number of halogens is 2. The number of morpholine rings is 1. The Morgan fingerprint density at radius 1 is 0.941 bits per heavy atom. The molecule has 3 aromatic rings. The van der Waals surface area contributed by atoms with Gasteiger partial charge in [0.25, 0.3) is 5.92 Å². The van der Waals surface area contributed by atoms with Gasteiger partial charge in [-0.05, 0) is 111 Å². The fourth-order valence-corrected chi connectivity index (χ4v) is 9.60. The van der Waals surface area contributed by atoms with Crippen molar-refractivity contribution in [1.82, 2.24) is 14.1 Å². The SMILES string of the molecule is CN(C(C(=O)N1C2CCC1CC(N)C2)C(F)(F)c1ccc(OCCN2CCOCC2)cc1)S(=O)(=O)c1ccc2cc(OC3CCCC3)ccc2c1. The molecule has 1 aliphatic carbocycles. The molecule has 3 saturated heterocycles. The lowest BCUT2D eigenvalue weighted by Crippen LogP contribution is -2.61. The number of alkyl halides is 2. The summed E-state index contributed by atoms with van der Waals surface area (Å²) in [6.07, 6.45) is 6.72. The number of benzene rings is 3. The first-order chi connectivity index (χ1) is 24.5. The molecule has 2 bridgehead atoms. The van der Waals surface area contributed by atoms with Crippen LogP contribution in [0.25, 0.3) is 10.8 Å². The third kappa shape index (κ3) is 7.59. The summed E-state index contributed by atoms with van der Waals surface area (Å²) < 4.78 is 80.2. The second-order valence-electron chi connectivity index (χ2n) is 14.4. The zero-order valence-electron chi connectivity index (χ0n) is 29.1. The number of likely N-dealkylation sites (N-methyl/N-ethyl adjacent to an activating group) is 1. The van der Waals surface area contributed by atoms with Crippen molar-refractivity contribution in [3.8, 4) is 11.5 Å². The Balaban J connectivity index is 1.15. The number of carbonyl (C=O) groups is 1. The Bertz CT molecular complexity index is 1790. The van der Waals surface area contributed by atoms with Crippen LogP contribution in [0.3, 0.4) is 0 Å². The minimum atomic E-state index is -4.58. The van der Waals surface area contributed by atoms with E-state index in [1.54, 1.807) is 18.2 Å². The number of nitrogens with zero attached hydrogens (tertiary/aromatic N) is 3. The third-order valence-corrected chi connectivity index (χ3v) is 12.9. The third-order valence-electron chi connectivity index (χ3n) is 11.0. The molecule has 3 atom stereocenters. The van der Waals surface area contributed by atoms with Crippen molar-refractivity contribution in [3.63, 3.8) is 0 Å². The topological polar surface area (TPSA) is 115 Å². The molecule has 0 radical (unpaired) electrons. The number of amides is 1. The number of fused-ring (bicyclic) bond motifs is 3. The highest BCUT2D eigenvalue weighted by atomic mass is 32.2. The molecule has 51 heavy (non-hydrogen) atoms. The number of hydrogen-bond acceptors (Lipinski definition) is 8. The molecule has 3 unspecified atom stereocenters. The van der Waals surface area contributed by atoms with Gasteiger partial charge in [-0.25, -0.2) is 8.42 Å². The van der Waals surface area contributed by atoms with Gasteiger partial charge in [0.05, 0.1) is 24.2 Å². The average molecular weight is 727 g/mol. The number of rotatable bonds is 12. The number of piperidine rings is 1. The zero-order chi connectivity index (χ0) is 35.8. The van der Waals surface area contributed by atoms with Crippen LogP contribution in [0.1, 0.15) is 56.9 Å². The molecule has 1 saturated carbocycles. The summed E-state index contributed by atoms with van der Waals surface area (Å²) in [5.74, 6) is -3.68. The van der Waals surface area contributed by atoms with Gasteiger partial charge in [-0.2, -0.15) is 13.1 Å². The number of sulfonamides is 1. The first-order valence-electron chi connectivity index (χ1n) is 18.2. The van der Waals surface area contributed by atoms with Crippen LogP contribution in [0.4, 0.5) is 8.78 Å². The first-order valence-corrected chi connectivity index (χ1v) is 19.6. The molecule has 4 fully saturated rings. The van der Waals surface area contributed by atoms with Crippen LogP contribution in [0, 0.1) is 0 Å². The van der Waals surface area contributed by atoms with Gasteiger partial charge in [0, 0.05) is 50.4 Å². The van der Waals surface area contributed by atoms with Crippen LogP contribution >= 0.6 is 0 Å². The summed E-state index contributed by atoms with van der Waals surface area (Å²) in [4.78, 5) is 17.9. The van der Waals surface area contributed by atoms with Crippen molar-refractivity contribution in [2.75, 3.05) is 46.5 Å². The van der Waals surface area contributed by atoms with Crippen LogP contribution in [0.5, 0.6) is 11.5 Å². The van der Waals surface area contributed by atoms with Crippen LogP contribution in [-0.4, -0.2) is 105 Å². The van der Waals surface area contributed by atoms with Crippen molar-refractivity contribution >= 4 is 26.7 Å². The lowest BCUT2D eigenvalue weighted by molar-refractivity contribution is -0.155. The van der Waals surface area contributed by atoms with Gasteiger partial charge >= 0.3 is 0 Å². The van der Waals surface area contributed by atoms with Crippen molar-refractivity contribution in [3.05, 3.63) is 66.2 Å². The van der Waals surface area contributed by atoms with E-state index in [0.717, 1.165) is 51.2 Å². The fraction of sp³-hybridized carbons (Fsp3) is 0.553. The molecule has 10 nitrogen and oxygen atoms in total. The summed E-state index contributed by atoms with van der Waals surface area (Å²) in [6, 6.07) is 12.2. The molecule has 13 heteroatoms. The van der Waals surface area contributed by atoms with Gasteiger partial charge in [0.2, 0.25) is 15.9 Å². The highest BCUT2D eigenvalue weighted by Gasteiger charge is 2.56. The Hall–Kier alpha value is -3.36. The minimum absolute atomic E-state index is 0.135. The molecule has 0 aromatic heterocycles. The van der Waals surface area contributed by atoms with E-state index in [9.17, 15) is 13.2 Å². The summed E-state index contributed by atoms with van der Waals surface area (Å²) in [5, 5.41) is 1.38. The van der Waals surface area contributed by atoms with E-state index in [1.165, 1.54) is 41.3 Å². The molecule has 1 amide bonds. The van der Waals surface area contributed by atoms with Gasteiger partial charge in [0.1, 0.15) is 18.1 Å². The molecule has 3 aromatic carbocycles. The molecule has 3 aliphatic heterocycles. The van der Waals surface area contributed by atoms with Crippen LogP contribution in [0.2, 0.25) is 0 Å². The normalized spacial score (nSPS) is 23.9. The molecule has 7 rings (SSSR count). The zero-order valence-corrected chi connectivity index (χ0v) is 29.9. The maximum atomic E-state index is 16.9. The van der Waals surface area contributed by atoms with Crippen molar-refractivity contribution < 1.29 is 36.2 Å². The van der Waals surface area contributed by atoms with E-state index in [2.05, 4.69) is 4.90 Å². The molecule has 4 aliphatic rings. The average Bonchev–Trinajstić information content (AvgIpc) is 3.73. The van der Waals surface area contributed by atoms with Gasteiger partial charge in [-0.3, -0.25) is 9.69 Å². The number of hydrogen-bond donors (Lipinski definition) is 1. The van der Waals surface area contributed by atoms with Crippen molar-refractivity contribution in [2.45, 2.75) is 92.5 Å². The molecule has 276 valence electrons. The number of carbonyl (C=O) groups excluding carboxylic acids is 1. The van der Waals surface area contributed by atoms with Crippen LogP contribution in [-0.2, 0) is 25.5 Å². The first kappa shape index (κ1) is 36.0. The predicted molar refractivity (Wildman–Crippen MR) is 190 cm³/mol. The summed E-state index contributed by atoms with van der Waals surface area (Å²) in [5.41, 5.74) is 5.77. The molecular formula is C38H48F2N4O6S. The smallest absolute Gasteiger partial charge is 0.298 e. The van der Waals surface area contributed by atoms with E-state index >= 15 is 8.78 Å². The lowest BCUT2D eigenvalue weighted by atomic mass is 9.94. The Labute approximate surface area is 298 Å². The highest BCUT2D eigenvalue weighted by molar-refractivity contribution is 7.89. The largest absolute Gasteiger partial charge is 0.492 e. The van der Waals surface area contributed by atoms with Crippen LogP contribution < -0.4 is 15.2 Å².